The minimum Gasteiger partial charge on any atom is -0.348 e. The number of nitrogens with zero attached hydrogens (tertiary/aromatic N) is 1. The van der Waals surface area contributed by atoms with E-state index in [1.807, 2.05) is 24.4 Å². The van der Waals surface area contributed by atoms with Crippen molar-refractivity contribution in [3.63, 3.8) is 0 Å². The molecule has 0 aliphatic rings. The lowest BCUT2D eigenvalue weighted by molar-refractivity contribution is -0.120. The van der Waals surface area contributed by atoms with Crippen molar-refractivity contribution < 1.29 is 9.59 Å². The zero-order valence-corrected chi connectivity index (χ0v) is 11.8. The Morgan fingerprint density at radius 3 is 2.85 bits per heavy atom. The van der Waals surface area contributed by atoms with Gasteiger partial charge >= 0.3 is 0 Å². The second kappa shape index (κ2) is 6.81. The Balaban J connectivity index is 1.80. The van der Waals surface area contributed by atoms with Crippen LogP contribution >= 0.6 is 11.3 Å². The summed E-state index contributed by atoms with van der Waals surface area (Å²) in [6, 6.07) is 7.08. The van der Waals surface area contributed by atoms with E-state index in [0.717, 1.165) is 5.56 Å². The highest BCUT2D eigenvalue weighted by Gasteiger charge is 2.11. The first-order valence-corrected chi connectivity index (χ1v) is 7.06. The van der Waals surface area contributed by atoms with Gasteiger partial charge in [-0.2, -0.15) is 0 Å². The molecule has 0 fully saturated rings. The summed E-state index contributed by atoms with van der Waals surface area (Å²) in [6.45, 7) is 1.83. The summed E-state index contributed by atoms with van der Waals surface area (Å²) < 4.78 is 0. The summed E-state index contributed by atoms with van der Waals surface area (Å²) in [5.74, 6) is -0.463. The molecule has 5 nitrogen and oxygen atoms in total. The van der Waals surface area contributed by atoms with E-state index in [4.69, 9.17) is 0 Å². The topological polar surface area (TPSA) is 71.1 Å². The number of rotatable bonds is 5. The molecule has 2 aromatic heterocycles. The van der Waals surface area contributed by atoms with Crippen LogP contribution in [-0.4, -0.2) is 23.3 Å². The number of carbonyl (C=O) groups is 2. The lowest BCUT2D eigenvalue weighted by Crippen LogP contribution is -2.37. The van der Waals surface area contributed by atoms with E-state index in [2.05, 4.69) is 15.6 Å². The lowest BCUT2D eigenvalue weighted by atomic mass is 10.1. The van der Waals surface area contributed by atoms with E-state index < -0.39 is 0 Å². The normalized spacial score (nSPS) is 11.7. The van der Waals surface area contributed by atoms with Crippen molar-refractivity contribution in [1.29, 1.82) is 0 Å². The Morgan fingerprint density at radius 2 is 2.20 bits per heavy atom. The number of hydrogen-bond donors (Lipinski definition) is 2. The fraction of sp³-hybridized carbons (Fsp3) is 0.214. The highest BCUT2D eigenvalue weighted by Crippen LogP contribution is 2.09. The van der Waals surface area contributed by atoms with E-state index in [1.54, 1.807) is 24.5 Å². The minimum atomic E-state index is -0.232. The molecular weight excluding hydrogens is 274 g/mol. The van der Waals surface area contributed by atoms with Crippen molar-refractivity contribution >= 4 is 23.2 Å². The molecule has 2 aromatic rings. The van der Waals surface area contributed by atoms with Gasteiger partial charge in [-0.05, 0) is 30.0 Å². The SMILES string of the molecule is CC(NC(=O)CNC(=O)c1cccs1)c1cccnc1. The zero-order valence-electron chi connectivity index (χ0n) is 11.0. The molecule has 0 radical (unpaired) electrons. The van der Waals surface area contributed by atoms with Crippen LogP contribution in [-0.2, 0) is 4.79 Å². The third kappa shape index (κ3) is 3.89. The van der Waals surface area contributed by atoms with Crippen LogP contribution in [0.15, 0.2) is 42.0 Å². The van der Waals surface area contributed by atoms with Gasteiger partial charge in [-0.1, -0.05) is 12.1 Å². The number of nitrogens with one attached hydrogen (secondary N) is 2. The second-order valence-corrected chi connectivity index (χ2v) is 5.18. The lowest BCUT2D eigenvalue weighted by Gasteiger charge is -2.14. The van der Waals surface area contributed by atoms with Crippen LogP contribution in [0.3, 0.4) is 0 Å². The maximum atomic E-state index is 11.8. The van der Waals surface area contributed by atoms with Gasteiger partial charge in [-0.15, -0.1) is 11.3 Å². The molecule has 0 aliphatic carbocycles. The number of aromatic nitrogens is 1. The van der Waals surface area contributed by atoms with Gasteiger partial charge in [0.2, 0.25) is 5.91 Å². The molecule has 1 atom stereocenters. The van der Waals surface area contributed by atoms with Gasteiger partial charge < -0.3 is 10.6 Å². The predicted octanol–water partition coefficient (Wildman–Crippen LogP) is 1.75. The Labute approximate surface area is 121 Å². The van der Waals surface area contributed by atoms with Gasteiger partial charge in [0, 0.05) is 12.4 Å². The Kier molecular flexibility index (Phi) is 4.84. The largest absolute Gasteiger partial charge is 0.348 e. The fourth-order valence-corrected chi connectivity index (χ4v) is 2.30. The van der Waals surface area contributed by atoms with E-state index in [9.17, 15) is 9.59 Å². The number of thiophene rings is 1. The zero-order chi connectivity index (χ0) is 14.4. The van der Waals surface area contributed by atoms with Crippen molar-refractivity contribution in [2.75, 3.05) is 6.54 Å². The number of amides is 2. The summed E-state index contributed by atoms with van der Waals surface area (Å²) in [7, 11) is 0. The van der Waals surface area contributed by atoms with E-state index in [1.165, 1.54) is 11.3 Å². The van der Waals surface area contributed by atoms with E-state index in [0.29, 0.717) is 4.88 Å². The Bertz CT molecular complexity index is 569. The quantitative estimate of drug-likeness (QED) is 0.881. The summed E-state index contributed by atoms with van der Waals surface area (Å²) in [4.78, 5) is 28.0. The van der Waals surface area contributed by atoms with E-state index in [-0.39, 0.29) is 24.4 Å². The van der Waals surface area contributed by atoms with Gasteiger partial charge in [0.15, 0.2) is 0 Å². The molecule has 2 rings (SSSR count). The van der Waals surface area contributed by atoms with Crippen LogP contribution in [0.2, 0.25) is 0 Å². The van der Waals surface area contributed by atoms with Crippen molar-refractivity contribution in [2.45, 2.75) is 13.0 Å². The molecule has 6 heteroatoms. The summed E-state index contributed by atoms with van der Waals surface area (Å²) in [5, 5.41) is 7.21. The van der Waals surface area contributed by atoms with Crippen LogP contribution < -0.4 is 10.6 Å². The monoisotopic (exact) mass is 289 g/mol. The Hall–Kier alpha value is -2.21. The average molecular weight is 289 g/mol. The predicted molar refractivity (Wildman–Crippen MR) is 77.4 cm³/mol. The van der Waals surface area contributed by atoms with Crippen LogP contribution in [0.1, 0.15) is 28.2 Å². The molecule has 2 N–H and O–H groups in total. The maximum Gasteiger partial charge on any atom is 0.261 e. The molecular formula is C14H15N3O2S. The average Bonchev–Trinajstić information content (AvgIpc) is 3.00. The minimum absolute atomic E-state index is 0.0403. The van der Waals surface area contributed by atoms with Crippen LogP contribution in [0.4, 0.5) is 0 Å². The van der Waals surface area contributed by atoms with Crippen LogP contribution in [0.25, 0.3) is 0 Å². The molecule has 0 saturated carbocycles. The van der Waals surface area contributed by atoms with Crippen molar-refractivity contribution in [1.82, 2.24) is 15.6 Å². The van der Waals surface area contributed by atoms with Crippen LogP contribution in [0.5, 0.6) is 0 Å². The Morgan fingerprint density at radius 1 is 1.35 bits per heavy atom. The number of hydrogen-bond acceptors (Lipinski definition) is 4. The summed E-state index contributed by atoms with van der Waals surface area (Å²) >= 11 is 1.34. The number of pyridine rings is 1. The van der Waals surface area contributed by atoms with Crippen molar-refractivity contribution in [3.8, 4) is 0 Å². The third-order valence-electron chi connectivity index (χ3n) is 2.72. The standard InChI is InChI=1S/C14H15N3O2S/c1-10(11-4-2-6-15-8-11)17-13(18)9-16-14(19)12-5-3-7-20-12/h2-8,10H,9H2,1H3,(H,16,19)(H,17,18). The first-order chi connectivity index (χ1) is 9.66. The smallest absolute Gasteiger partial charge is 0.261 e. The van der Waals surface area contributed by atoms with Crippen LogP contribution in [0, 0.1) is 0 Å². The molecule has 1 unspecified atom stereocenters. The van der Waals surface area contributed by atoms with Crippen molar-refractivity contribution in [3.05, 3.63) is 52.5 Å². The van der Waals surface area contributed by atoms with Crippen molar-refractivity contribution in [2.24, 2.45) is 0 Å². The molecule has 0 aliphatic heterocycles. The molecule has 0 saturated heterocycles. The highest BCUT2D eigenvalue weighted by molar-refractivity contribution is 7.12. The molecule has 2 amide bonds. The molecule has 0 bridgehead atoms. The molecule has 104 valence electrons. The maximum absolute atomic E-state index is 11.8. The molecule has 20 heavy (non-hydrogen) atoms. The highest BCUT2D eigenvalue weighted by atomic mass is 32.1. The van der Waals surface area contributed by atoms with Gasteiger partial charge in [-0.3, -0.25) is 14.6 Å². The second-order valence-electron chi connectivity index (χ2n) is 4.24. The molecule has 0 aromatic carbocycles. The van der Waals surface area contributed by atoms with Gasteiger partial charge in [0.25, 0.3) is 5.91 Å². The van der Waals surface area contributed by atoms with Gasteiger partial charge in [0.05, 0.1) is 17.5 Å². The summed E-state index contributed by atoms with van der Waals surface area (Å²) in [6.07, 6.45) is 3.38. The number of carbonyl (C=O) groups excluding carboxylic acids is 2. The first-order valence-electron chi connectivity index (χ1n) is 6.18. The van der Waals surface area contributed by atoms with Gasteiger partial charge in [0.1, 0.15) is 0 Å². The molecule has 0 spiro atoms. The first kappa shape index (κ1) is 14.2. The third-order valence-corrected chi connectivity index (χ3v) is 3.59. The fourth-order valence-electron chi connectivity index (χ4n) is 1.66. The molecule has 2 heterocycles. The van der Waals surface area contributed by atoms with E-state index >= 15 is 0 Å². The summed E-state index contributed by atoms with van der Waals surface area (Å²) in [5.41, 5.74) is 0.922. The van der Waals surface area contributed by atoms with Gasteiger partial charge in [-0.25, -0.2) is 0 Å².